The van der Waals surface area contributed by atoms with Crippen molar-refractivity contribution in [1.29, 1.82) is 0 Å². The minimum Gasteiger partial charge on any atom is -0.453 e. The highest BCUT2D eigenvalue weighted by Gasteiger charge is 2.65. The van der Waals surface area contributed by atoms with Crippen molar-refractivity contribution < 1.29 is 33.2 Å². The first-order valence-corrected chi connectivity index (χ1v) is 9.89. The van der Waals surface area contributed by atoms with E-state index in [-0.39, 0.29) is 0 Å². The predicted molar refractivity (Wildman–Crippen MR) is 103 cm³/mol. The van der Waals surface area contributed by atoms with Gasteiger partial charge in [0.1, 0.15) is 30.5 Å². The zero-order valence-corrected chi connectivity index (χ0v) is 17.2. The van der Waals surface area contributed by atoms with Gasteiger partial charge in [-0.3, -0.25) is 0 Å². The highest BCUT2D eigenvalue weighted by atomic mass is 16.8. The number of hydrogen-bond acceptors (Lipinski definition) is 7. The van der Waals surface area contributed by atoms with Crippen molar-refractivity contribution in [3.63, 3.8) is 0 Å². The molecule has 0 spiro atoms. The predicted octanol–water partition coefficient (Wildman–Crippen LogP) is 2.72. The Labute approximate surface area is 170 Å². The summed E-state index contributed by atoms with van der Waals surface area (Å²) in [7, 11) is 0. The van der Waals surface area contributed by atoms with Gasteiger partial charge in [-0.05, 0) is 33.3 Å². The Balaban J connectivity index is 1.65. The van der Waals surface area contributed by atoms with Gasteiger partial charge in [0, 0.05) is 6.08 Å². The largest absolute Gasteiger partial charge is 0.453 e. The van der Waals surface area contributed by atoms with Crippen LogP contribution < -0.4 is 0 Å². The third-order valence-electron chi connectivity index (χ3n) is 5.33. The lowest BCUT2D eigenvalue weighted by Crippen LogP contribution is -2.63. The number of fused-ring (bicyclic) bond motifs is 3. The highest BCUT2D eigenvalue weighted by molar-refractivity contribution is 5.81. The van der Waals surface area contributed by atoms with E-state index in [1.54, 1.807) is 0 Å². The van der Waals surface area contributed by atoms with Crippen molar-refractivity contribution in [2.24, 2.45) is 0 Å². The summed E-state index contributed by atoms with van der Waals surface area (Å²) in [6.45, 7) is 11.2. The number of carbonyl (C=O) groups is 1. The zero-order chi connectivity index (χ0) is 20.8. The van der Waals surface area contributed by atoms with Crippen molar-refractivity contribution in [3.8, 4) is 0 Å². The average molecular weight is 404 g/mol. The summed E-state index contributed by atoms with van der Waals surface area (Å²) in [6.07, 6.45) is -2.07. The molecule has 7 nitrogen and oxygen atoms in total. The van der Waals surface area contributed by atoms with Crippen LogP contribution in [0.15, 0.2) is 43.0 Å². The van der Waals surface area contributed by atoms with Crippen molar-refractivity contribution in [2.75, 3.05) is 0 Å². The maximum absolute atomic E-state index is 12.1. The summed E-state index contributed by atoms with van der Waals surface area (Å²) >= 11 is 0. The summed E-state index contributed by atoms with van der Waals surface area (Å²) < 4.78 is 36.5. The summed E-state index contributed by atoms with van der Waals surface area (Å²) in [4.78, 5) is 12.1. The Morgan fingerprint density at radius 3 is 2.00 bits per heavy atom. The standard InChI is InChI=1S/C22H28O7/c1-6-14(23)25-16-15(24-12-13-10-8-7-9-11-13)17-19(28-21(2,3)26-17)20-18(16)27-22(4,5)29-20/h6-11,15-20H,1,12H2,2-5H3/t15-,16-,17+,18+,19+,20+/m1/s1. The molecule has 0 aromatic heterocycles. The van der Waals surface area contributed by atoms with Gasteiger partial charge in [0.25, 0.3) is 0 Å². The highest BCUT2D eigenvalue weighted by Crippen LogP contribution is 2.46. The molecule has 1 saturated carbocycles. The quantitative estimate of drug-likeness (QED) is 0.552. The maximum Gasteiger partial charge on any atom is 0.330 e. The van der Waals surface area contributed by atoms with Crippen LogP contribution in [0.2, 0.25) is 0 Å². The van der Waals surface area contributed by atoms with E-state index in [4.69, 9.17) is 28.4 Å². The van der Waals surface area contributed by atoms with Gasteiger partial charge in [-0.1, -0.05) is 36.9 Å². The molecule has 2 aliphatic heterocycles. The fourth-order valence-electron chi connectivity index (χ4n) is 4.30. The molecule has 158 valence electrons. The van der Waals surface area contributed by atoms with Crippen LogP contribution in [0.3, 0.4) is 0 Å². The first-order valence-electron chi connectivity index (χ1n) is 9.89. The molecular weight excluding hydrogens is 376 g/mol. The molecule has 0 unspecified atom stereocenters. The van der Waals surface area contributed by atoms with Crippen LogP contribution in [-0.2, 0) is 39.8 Å². The van der Waals surface area contributed by atoms with Crippen molar-refractivity contribution in [1.82, 2.24) is 0 Å². The Morgan fingerprint density at radius 1 is 0.931 bits per heavy atom. The van der Waals surface area contributed by atoms with Crippen LogP contribution >= 0.6 is 0 Å². The van der Waals surface area contributed by atoms with Crippen LogP contribution in [0.1, 0.15) is 33.3 Å². The van der Waals surface area contributed by atoms with Gasteiger partial charge < -0.3 is 28.4 Å². The number of carbonyl (C=O) groups excluding carboxylic acids is 1. The number of ether oxygens (including phenoxy) is 6. The molecule has 0 amide bonds. The van der Waals surface area contributed by atoms with E-state index in [9.17, 15) is 4.79 Å². The molecule has 0 radical (unpaired) electrons. The summed E-state index contributed by atoms with van der Waals surface area (Å²) in [5, 5.41) is 0. The normalized spacial score (nSPS) is 36.8. The second-order valence-electron chi connectivity index (χ2n) is 8.50. The molecule has 3 aliphatic rings. The number of rotatable bonds is 5. The molecule has 2 heterocycles. The van der Waals surface area contributed by atoms with Crippen LogP contribution in [0.5, 0.6) is 0 Å². The first kappa shape index (κ1) is 20.5. The average Bonchev–Trinajstić information content (AvgIpc) is 3.16. The Bertz CT molecular complexity index is 760. The molecule has 1 aromatic carbocycles. The van der Waals surface area contributed by atoms with Crippen LogP contribution in [0, 0.1) is 0 Å². The molecule has 0 bridgehead atoms. The van der Waals surface area contributed by atoms with E-state index in [0.29, 0.717) is 6.61 Å². The maximum atomic E-state index is 12.1. The van der Waals surface area contributed by atoms with Crippen molar-refractivity contribution in [3.05, 3.63) is 48.6 Å². The topological polar surface area (TPSA) is 72.5 Å². The van der Waals surface area contributed by atoms with Gasteiger partial charge >= 0.3 is 5.97 Å². The van der Waals surface area contributed by atoms with E-state index >= 15 is 0 Å². The lowest BCUT2D eigenvalue weighted by Gasteiger charge is -2.42. The molecule has 1 aromatic rings. The van der Waals surface area contributed by atoms with Crippen molar-refractivity contribution >= 4 is 5.97 Å². The lowest BCUT2D eigenvalue weighted by molar-refractivity contribution is -0.208. The first-order chi connectivity index (χ1) is 13.7. The van der Waals surface area contributed by atoms with Gasteiger partial charge in [0.2, 0.25) is 0 Å². The van der Waals surface area contributed by atoms with Crippen LogP contribution in [0.4, 0.5) is 0 Å². The molecule has 2 saturated heterocycles. The molecule has 1 aliphatic carbocycles. The number of esters is 1. The van der Waals surface area contributed by atoms with E-state index < -0.39 is 54.2 Å². The smallest absolute Gasteiger partial charge is 0.330 e. The summed E-state index contributed by atoms with van der Waals surface area (Å²) in [5.41, 5.74) is 1.00. The van der Waals surface area contributed by atoms with Gasteiger partial charge in [0.15, 0.2) is 17.7 Å². The lowest BCUT2D eigenvalue weighted by atomic mass is 9.84. The summed E-state index contributed by atoms with van der Waals surface area (Å²) in [5.74, 6) is -2.21. The van der Waals surface area contributed by atoms with E-state index in [0.717, 1.165) is 11.6 Å². The Kier molecular flexibility index (Phi) is 5.29. The Morgan fingerprint density at radius 2 is 1.45 bits per heavy atom. The number of hydrogen-bond donors (Lipinski definition) is 0. The van der Waals surface area contributed by atoms with Crippen LogP contribution in [-0.4, -0.2) is 54.2 Å². The molecule has 29 heavy (non-hydrogen) atoms. The van der Waals surface area contributed by atoms with E-state index in [2.05, 4.69) is 6.58 Å². The molecule has 0 N–H and O–H groups in total. The minimum atomic E-state index is -0.844. The molecule has 4 rings (SSSR count). The second-order valence-corrected chi connectivity index (χ2v) is 8.50. The second kappa shape index (κ2) is 7.49. The molecule has 7 heteroatoms. The number of benzene rings is 1. The monoisotopic (exact) mass is 404 g/mol. The minimum absolute atomic E-state index is 0.336. The zero-order valence-electron chi connectivity index (χ0n) is 17.2. The SMILES string of the molecule is C=CC(=O)O[C@@H]1[C@@H](OCc2ccccc2)[C@@H]2OC(C)(C)O[C@@H]2[C@H]2OC(C)(C)O[C@@H]12. The fraction of sp³-hybridized carbons (Fsp3) is 0.591. The third kappa shape index (κ3) is 4.11. The molecular formula is C22H28O7. The van der Waals surface area contributed by atoms with Gasteiger partial charge in [-0.25, -0.2) is 4.79 Å². The summed E-state index contributed by atoms with van der Waals surface area (Å²) in [6, 6.07) is 9.79. The van der Waals surface area contributed by atoms with Gasteiger partial charge in [-0.2, -0.15) is 0 Å². The van der Waals surface area contributed by atoms with E-state index in [1.165, 1.54) is 0 Å². The Hall–Kier alpha value is -1.77. The van der Waals surface area contributed by atoms with Gasteiger partial charge in [0.05, 0.1) is 6.61 Å². The molecule has 6 atom stereocenters. The molecule has 3 fully saturated rings. The van der Waals surface area contributed by atoms with E-state index in [1.807, 2.05) is 58.0 Å². The van der Waals surface area contributed by atoms with Crippen molar-refractivity contribution in [2.45, 2.75) is 82.5 Å². The third-order valence-corrected chi connectivity index (χ3v) is 5.33. The van der Waals surface area contributed by atoms with Gasteiger partial charge in [-0.15, -0.1) is 0 Å². The van der Waals surface area contributed by atoms with Crippen LogP contribution in [0.25, 0.3) is 0 Å². The fourth-order valence-corrected chi connectivity index (χ4v) is 4.30.